The molecule has 1 aromatic heterocycles. The van der Waals surface area contributed by atoms with Crippen molar-refractivity contribution in [2.45, 2.75) is 36.6 Å². The second kappa shape index (κ2) is 13.1. The molecule has 3 aromatic carbocycles. The zero-order valence-electron chi connectivity index (χ0n) is 21.3. The number of sulfonamides is 1. The Morgan fingerprint density at radius 3 is 2.54 bits per heavy atom. The van der Waals surface area contributed by atoms with E-state index in [1.165, 1.54) is 18.3 Å². The van der Waals surface area contributed by atoms with E-state index in [4.69, 9.17) is 4.74 Å². The SMILES string of the molecule is O=C(O)C[C@H](Cc1ccc2ccccc2c1)NS(=O)(=O)c1cccc(OCCCCN=c2ccccn2O)c1. The summed E-state index contributed by atoms with van der Waals surface area (Å²) in [6.07, 6.45) is 2.79. The van der Waals surface area contributed by atoms with Crippen molar-refractivity contribution in [3.8, 4) is 5.75 Å². The van der Waals surface area contributed by atoms with E-state index in [1.807, 2.05) is 42.5 Å². The number of unbranched alkanes of at least 4 members (excludes halogenated alkanes) is 1. The molecule has 4 rings (SSSR count). The standard InChI is InChI=1S/C29H31N3O6S/c33-29(34)20-25(19-22-13-14-23-8-1-2-9-24(23)18-22)31-39(36,37)27-11-7-10-26(21-27)38-17-6-4-15-30-28-12-3-5-16-32(28)35/h1-3,5,7-14,16,18,21,25,31,35H,4,6,15,17,19-20H2,(H,33,34)/t25-/m0/s1. The molecule has 0 bridgehead atoms. The minimum absolute atomic E-state index is 0.000442. The van der Waals surface area contributed by atoms with Crippen molar-refractivity contribution in [3.05, 3.63) is 102 Å². The van der Waals surface area contributed by atoms with Gasteiger partial charge in [0.25, 0.3) is 0 Å². The minimum atomic E-state index is -4.00. The molecule has 9 nitrogen and oxygen atoms in total. The maximum absolute atomic E-state index is 13.2. The van der Waals surface area contributed by atoms with Gasteiger partial charge in [-0.05, 0) is 59.9 Å². The third-order valence-electron chi connectivity index (χ3n) is 6.07. The second-order valence-electron chi connectivity index (χ2n) is 9.12. The lowest BCUT2D eigenvalue weighted by Crippen LogP contribution is -2.38. The van der Waals surface area contributed by atoms with E-state index in [9.17, 15) is 23.5 Å². The normalized spacial score (nSPS) is 12.9. The highest BCUT2D eigenvalue weighted by atomic mass is 32.2. The highest BCUT2D eigenvalue weighted by Gasteiger charge is 2.23. The average molecular weight is 550 g/mol. The van der Waals surface area contributed by atoms with Crippen LogP contribution < -0.4 is 14.9 Å². The number of ether oxygens (including phenoxy) is 1. The first-order valence-electron chi connectivity index (χ1n) is 12.6. The number of fused-ring (bicyclic) bond motifs is 1. The Balaban J connectivity index is 1.36. The van der Waals surface area contributed by atoms with Crippen molar-refractivity contribution in [2.24, 2.45) is 4.99 Å². The summed E-state index contributed by atoms with van der Waals surface area (Å²) in [7, 11) is -4.00. The van der Waals surface area contributed by atoms with Crippen molar-refractivity contribution in [1.29, 1.82) is 0 Å². The van der Waals surface area contributed by atoms with Crippen LogP contribution in [-0.2, 0) is 21.2 Å². The number of carboxylic acids is 1. The number of pyridine rings is 1. The van der Waals surface area contributed by atoms with E-state index < -0.39 is 22.0 Å². The van der Waals surface area contributed by atoms with Gasteiger partial charge in [0, 0.05) is 24.8 Å². The molecule has 0 aliphatic heterocycles. The number of nitrogens with one attached hydrogen (secondary N) is 1. The van der Waals surface area contributed by atoms with Gasteiger partial charge in [-0.2, -0.15) is 4.73 Å². The number of carboxylic acid groups (broad SMARTS) is 1. The Morgan fingerprint density at radius 1 is 0.949 bits per heavy atom. The lowest BCUT2D eigenvalue weighted by molar-refractivity contribution is -0.137. The van der Waals surface area contributed by atoms with Crippen LogP contribution in [0.2, 0.25) is 0 Å². The Hall–Kier alpha value is -4.15. The molecule has 4 aromatic rings. The Kier molecular flexibility index (Phi) is 9.35. The molecule has 1 atom stereocenters. The minimum Gasteiger partial charge on any atom is -0.494 e. The van der Waals surface area contributed by atoms with Crippen LogP contribution in [0.4, 0.5) is 0 Å². The van der Waals surface area contributed by atoms with Gasteiger partial charge >= 0.3 is 5.97 Å². The molecular weight excluding hydrogens is 518 g/mol. The summed E-state index contributed by atoms with van der Waals surface area (Å²) >= 11 is 0. The topological polar surface area (TPSA) is 130 Å². The Bertz CT molecular complexity index is 1600. The monoisotopic (exact) mass is 549 g/mol. The lowest BCUT2D eigenvalue weighted by atomic mass is 10.0. The third kappa shape index (κ3) is 8.17. The van der Waals surface area contributed by atoms with E-state index in [0.29, 0.717) is 30.8 Å². The van der Waals surface area contributed by atoms with Gasteiger partial charge in [-0.15, -0.1) is 0 Å². The predicted molar refractivity (Wildman–Crippen MR) is 147 cm³/mol. The summed E-state index contributed by atoms with van der Waals surface area (Å²) in [4.78, 5) is 15.8. The molecule has 39 heavy (non-hydrogen) atoms. The maximum Gasteiger partial charge on any atom is 0.304 e. The summed E-state index contributed by atoms with van der Waals surface area (Å²) in [6, 6.07) is 24.1. The zero-order valence-corrected chi connectivity index (χ0v) is 22.1. The fourth-order valence-electron chi connectivity index (χ4n) is 4.18. The molecule has 10 heteroatoms. The molecular formula is C29H31N3O6S. The van der Waals surface area contributed by atoms with Crippen molar-refractivity contribution in [3.63, 3.8) is 0 Å². The summed E-state index contributed by atoms with van der Waals surface area (Å²) in [5, 5.41) is 21.1. The van der Waals surface area contributed by atoms with E-state index in [1.54, 1.807) is 30.3 Å². The fourth-order valence-corrected chi connectivity index (χ4v) is 5.45. The number of aromatic nitrogens is 1. The molecule has 0 saturated carbocycles. The van der Waals surface area contributed by atoms with E-state index >= 15 is 0 Å². The van der Waals surface area contributed by atoms with Crippen LogP contribution in [0, 0.1) is 0 Å². The molecule has 0 fully saturated rings. The number of carbonyl (C=O) groups is 1. The quantitative estimate of drug-likeness (QED) is 0.171. The molecule has 0 aliphatic carbocycles. The van der Waals surface area contributed by atoms with E-state index in [2.05, 4.69) is 9.71 Å². The van der Waals surface area contributed by atoms with Gasteiger partial charge in [-0.1, -0.05) is 54.6 Å². The summed E-state index contributed by atoms with van der Waals surface area (Å²) in [5.41, 5.74) is 1.30. The van der Waals surface area contributed by atoms with Crippen molar-refractivity contribution < 1.29 is 28.3 Å². The summed E-state index contributed by atoms with van der Waals surface area (Å²) in [6.45, 7) is 0.873. The number of hydrogen-bond acceptors (Lipinski definition) is 6. The molecule has 0 saturated heterocycles. The van der Waals surface area contributed by atoms with Gasteiger partial charge < -0.3 is 15.1 Å². The van der Waals surface area contributed by atoms with Gasteiger partial charge in [0.15, 0.2) is 5.49 Å². The van der Waals surface area contributed by atoms with E-state index in [-0.39, 0.29) is 17.7 Å². The highest BCUT2D eigenvalue weighted by Crippen LogP contribution is 2.21. The van der Waals surface area contributed by atoms with Crippen LogP contribution in [0.3, 0.4) is 0 Å². The molecule has 204 valence electrons. The molecule has 0 unspecified atom stereocenters. The van der Waals surface area contributed by atoms with Crippen molar-refractivity contribution in [1.82, 2.24) is 9.45 Å². The molecule has 1 heterocycles. The van der Waals surface area contributed by atoms with Gasteiger partial charge in [-0.3, -0.25) is 9.79 Å². The largest absolute Gasteiger partial charge is 0.494 e. The second-order valence-corrected chi connectivity index (χ2v) is 10.8. The van der Waals surface area contributed by atoms with Crippen LogP contribution in [0.25, 0.3) is 10.8 Å². The van der Waals surface area contributed by atoms with E-state index in [0.717, 1.165) is 27.5 Å². The zero-order chi connectivity index (χ0) is 27.7. The summed E-state index contributed by atoms with van der Waals surface area (Å²) in [5.74, 6) is -0.691. The highest BCUT2D eigenvalue weighted by molar-refractivity contribution is 7.89. The van der Waals surface area contributed by atoms with Gasteiger partial charge in [0.1, 0.15) is 5.75 Å². The first-order chi connectivity index (χ1) is 18.8. The molecule has 0 amide bonds. The number of rotatable bonds is 13. The first kappa shape index (κ1) is 27.9. The van der Waals surface area contributed by atoms with Gasteiger partial charge in [0.05, 0.1) is 17.9 Å². The number of hydrogen-bond donors (Lipinski definition) is 3. The van der Waals surface area contributed by atoms with Crippen molar-refractivity contribution in [2.75, 3.05) is 13.2 Å². The first-order valence-corrected chi connectivity index (χ1v) is 14.1. The van der Waals surface area contributed by atoms with Gasteiger partial charge in [-0.25, -0.2) is 13.1 Å². The molecule has 0 radical (unpaired) electrons. The number of nitrogens with zero attached hydrogens (tertiary/aromatic N) is 2. The third-order valence-corrected chi connectivity index (χ3v) is 7.59. The Labute approximate surface area is 227 Å². The Morgan fingerprint density at radius 2 is 1.74 bits per heavy atom. The molecule has 0 aliphatic rings. The smallest absolute Gasteiger partial charge is 0.304 e. The van der Waals surface area contributed by atoms with Gasteiger partial charge in [0.2, 0.25) is 10.0 Å². The molecule has 0 spiro atoms. The lowest BCUT2D eigenvalue weighted by Gasteiger charge is -2.18. The van der Waals surface area contributed by atoms with Crippen LogP contribution in [-0.4, -0.2) is 48.6 Å². The van der Waals surface area contributed by atoms with Crippen LogP contribution >= 0.6 is 0 Å². The predicted octanol–water partition coefficient (Wildman–Crippen LogP) is 4.00. The van der Waals surface area contributed by atoms with Crippen molar-refractivity contribution >= 4 is 26.8 Å². The molecule has 3 N–H and O–H groups in total. The number of aliphatic carboxylic acids is 1. The van der Waals surface area contributed by atoms with Crippen LogP contribution in [0.5, 0.6) is 5.75 Å². The maximum atomic E-state index is 13.2. The van der Waals surface area contributed by atoms with Crippen LogP contribution in [0.15, 0.2) is 101 Å². The summed E-state index contributed by atoms with van der Waals surface area (Å²) < 4.78 is 35.6. The number of benzene rings is 3. The average Bonchev–Trinajstić information content (AvgIpc) is 2.91. The fraction of sp³-hybridized carbons (Fsp3) is 0.241. The van der Waals surface area contributed by atoms with Crippen LogP contribution in [0.1, 0.15) is 24.8 Å².